The lowest BCUT2D eigenvalue weighted by Gasteiger charge is -2.21. The standard InChI is InChI=1S/C30H33NO5S/c1-29(2,3)22-8-7-9-24(18-22)37(35,36)31-25-15-14-23(30(4,5)6)16-21(25)17-26(31)27(32)19-10-12-20(13-11-19)28(33)34/h7-18,27,32H,1-6H3,(H,33,34). The molecule has 0 bridgehead atoms. The summed E-state index contributed by atoms with van der Waals surface area (Å²) in [6.07, 6.45) is -1.30. The van der Waals surface area contributed by atoms with Crippen molar-refractivity contribution in [3.63, 3.8) is 0 Å². The van der Waals surface area contributed by atoms with E-state index >= 15 is 0 Å². The number of carbonyl (C=O) groups is 1. The van der Waals surface area contributed by atoms with Crippen molar-refractivity contribution >= 4 is 26.9 Å². The van der Waals surface area contributed by atoms with Crippen LogP contribution in [0.25, 0.3) is 10.9 Å². The maximum Gasteiger partial charge on any atom is 0.335 e. The van der Waals surface area contributed by atoms with Gasteiger partial charge in [0.25, 0.3) is 10.0 Å². The average Bonchev–Trinajstić information content (AvgIpc) is 3.22. The highest BCUT2D eigenvalue weighted by molar-refractivity contribution is 7.90. The zero-order chi connectivity index (χ0) is 27.3. The van der Waals surface area contributed by atoms with Crippen LogP contribution in [0.2, 0.25) is 0 Å². The summed E-state index contributed by atoms with van der Waals surface area (Å²) in [7, 11) is -4.10. The summed E-state index contributed by atoms with van der Waals surface area (Å²) >= 11 is 0. The van der Waals surface area contributed by atoms with Crippen LogP contribution < -0.4 is 0 Å². The number of nitrogens with zero attached hydrogens (tertiary/aromatic N) is 1. The summed E-state index contributed by atoms with van der Waals surface area (Å²) in [5, 5.41) is 21.3. The third-order valence-electron chi connectivity index (χ3n) is 6.64. The van der Waals surface area contributed by atoms with Crippen molar-refractivity contribution in [3.05, 3.63) is 101 Å². The fourth-order valence-electron chi connectivity index (χ4n) is 4.34. The molecule has 37 heavy (non-hydrogen) atoms. The van der Waals surface area contributed by atoms with Gasteiger partial charge in [-0.1, -0.05) is 71.9 Å². The van der Waals surface area contributed by atoms with E-state index in [1.807, 2.05) is 39.0 Å². The first-order valence-corrected chi connectivity index (χ1v) is 13.6. The van der Waals surface area contributed by atoms with Crippen LogP contribution in [-0.4, -0.2) is 28.6 Å². The molecule has 0 fully saturated rings. The van der Waals surface area contributed by atoms with E-state index in [4.69, 9.17) is 0 Å². The maximum absolute atomic E-state index is 14.1. The Morgan fingerprint density at radius 2 is 1.41 bits per heavy atom. The zero-order valence-corrected chi connectivity index (χ0v) is 22.8. The second kappa shape index (κ2) is 9.15. The first-order chi connectivity index (χ1) is 17.1. The molecule has 194 valence electrons. The topological polar surface area (TPSA) is 96.6 Å². The Balaban J connectivity index is 1.97. The maximum atomic E-state index is 14.1. The van der Waals surface area contributed by atoms with E-state index in [2.05, 4.69) is 20.8 Å². The van der Waals surface area contributed by atoms with E-state index in [1.165, 1.54) is 28.2 Å². The molecule has 0 aliphatic heterocycles. The molecule has 0 aliphatic carbocycles. The van der Waals surface area contributed by atoms with E-state index in [1.54, 1.807) is 30.3 Å². The molecular weight excluding hydrogens is 486 g/mol. The second-order valence-corrected chi connectivity index (χ2v) is 13.3. The highest BCUT2D eigenvalue weighted by Crippen LogP contribution is 2.35. The van der Waals surface area contributed by atoms with Gasteiger partial charge in [-0.3, -0.25) is 0 Å². The molecule has 0 saturated heterocycles. The fraction of sp³-hybridized carbons (Fsp3) is 0.300. The quantitative estimate of drug-likeness (QED) is 0.325. The Kier molecular flexibility index (Phi) is 6.59. The number of aromatic nitrogens is 1. The van der Waals surface area contributed by atoms with Crippen molar-refractivity contribution in [2.24, 2.45) is 0 Å². The minimum atomic E-state index is -4.10. The highest BCUT2D eigenvalue weighted by Gasteiger charge is 2.29. The number of rotatable bonds is 5. The molecule has 0 aliphatic rings. The van der Waals surface area contributed by atoms with Crippen LogP contribution in [0.3, 0.4) is 0 Å². The molecule has 1 aromatic heterocycles. The first kappa shape index (κ1) is 26.6. The van der Waals surface area contributed by atoms with Gasteiger partial charge in [0, 0.05) is 5.39 Å². The van der Waals surface area contributed by atoms with Gasteiger partial charge in [0.1, 0.15) is 6.10 Å². The molecule has 1 heterocycles. The zero-order valence-electron chi connectivity index (χ0n) is 22.0. The number of aliphatic hydroxyl groups is 1. The normalized spacial score (nSPS) is 13.6. The van der Waals surface area contributed by atoms with Crippen molar-refractivity contribution in [1.82, 2.24) is 3.97 Å². The largest absolute Gasteiger partial charge is 0.478 e. The van der Waals surface area contributed by atoms with Crippen LogP contribution in [0.1, 0.15) is 80.4 Å². The highest BCUT2D eigenvalue weighted by atomic mass is 32.2. The first-order valence-electron chi connectivity index (χ1n) is 12.1. The van der Waals surface area contributed by atoms with Crippen LogP contribution in [-0.2, 0) is 20.9 Å². The van der Waals surface area contributed by atoms with E-state index in [0.29, 0.717) is 16.5 Å². The monoisotopic (exact) mass is 519 g/mol. The Labute approximate surface area is 218 Å². The van der Waals surface area contributed by atoms with Crippen molar-refractivity contribution < 1.29 is 23.4 Å². The molecule has 4 rings (SSSR count). The van der Waals surface area contributed by atoms with Gasteiger partial charge in [0.15, 0.2) is 0 Å². The van der Waals surface area contributed by atoms with E-state index < -0.39 is 22.1 Å². The van der Waals surface area contributed by atoms with E-state index in [9.17, 15) is 23.4 Å². The predicted molar refractivity (Wildman–Crippen MR) is 146 cm³/mol. The summed E-state index contributed by atoms with van der Waals surface area (Å²) in [6, 6.07) is 20.0. The molecular formula is C30H33NO5S. The molecule has 3 aromatic carbocycles. The van der Waals surface area contributed by atoms with Gasteiger partial charge in [0.2, 0.25) is 0 Å². The summed E-state index contributed by atoms with van der Waals surface area (Å²) in [5.41, 5.74) is 2.64. The number of aromatic carboxylic acids is 1. The molecule has 4 aromatic rings. The van der Waals surface area contributed by atoms with Crippen molar-refractivity contribution in [1.29, 1.82) is 0 Å². The van der Waals surface area contributed by atoms with E-state index in [-0.39, 0.29) is 27.0 Å². The van der Waals surface area contributed by atoms with Crippen LogP contribution in [0, 0.1) is 0 Å². The average molecular weight is 520 g/mol. The Hall–Kier alpha value is -3.42. The van der Waals surface area contributed by atoms with Crippen molar-refractivity contribution in [3.8, 4) is 0 Å². The minimum Gasteiger partial charge on any atom is -0.478 e. The lowest BCUT2D eigenvalue weighted by Crippen LogP contribution is -2.19. The number of benzene rings is 3. The van der Waals surface area contributed by atoms with Crippen LogP contribution in [0.15, 0.2) is 77.7 Å². The Bertz CT molecular complexity index is 1580. The third kappa shape index (κ3) is 5.06. The van der Waals surface area contributed by atoms with Gasteiger partial charge >= 0.3 is 5.97 Å². The summed E-state index contributed by atoms with van der Waals surface area (Å²) in [6.45, 7) is 12.3. The van der Waals surface area contributed by atoms with Crippen LogP contribution in [0.5, 0.6) is 0 Å². The van der Waals surface area contributed by atoms with Crippen molar-refractivity contribution in [2.45, 2.75) is 63.4 Å². The van der Waals surface area contributed by atoms with Crippen LogP contribution >= 0.6 is 0 Å². The SMILES string of the molecule is CC(C)(C)c1cccc(S(=O)(=O)n2c(C(O)c3ccc(C(=O)O)cc3)cc3cc(C(C)(C)C)ccc32)c1. The summed E-state index contributed by atoms with van der Waals surface area (Å²) in [5.74, 6) is -1.08. The van der Waals surface area contributed by atoms with Gasteiger partial charge in [0.05, 0.1) is 21.7 Å². The van der Waals surface area contributed by atoms with Gasteiger partial charge in [-0.25, -0.2) is 17.2 Å². The van der Waals surface area contributed by atoms with Crippen molar-refractivity contribution in [2.75, 3.05) is 0 Å². The number of carboxylic acid groups (broad SMARTS) is 1. The van der Waals surface area contributed by atoms with Crippen LogP contribution in [0.4, 0.5) is 0 Å². The van der Waals surface area contributed by atoms with Gasteiger partial charge < -0.3 is 10.2 Å². The predicted octanol–water partition coefficient (Wildman–Crippen LogP) is 6.25. The van der Waals surface area contributed by atoms with Gasteiger partial charge in [-0.05, 0) is 70.0 Å². The molecule has 7 heteroatoms. The summed E-state index contributed by atoms with van der Waals surface area (Å²) in [4.78, 5) is 11.4. The number of aliphatic hydroxyl groups excluding tert-OH is 1. The molecule has 1 atom stereocenters. The number of hydrogen-bond donors (Lipinski definition) is 2. The van der Waals surface area contributed by atoms with Gasteiger partial charge in [-0.15, -0.1) is 0 Å². The summed E-state index contributed by atoms with van der Waals surface area (Å²) < 4.78 is 29.5. The number of hydrogen-bond acceptors (Lipinski definition) is 4. The van der Waals surface area contributed by atoms with Gasteiger partial charge in [-0.2, -0.15) is 0 Å². The number of carboxylic acids is 1. The smallest absolute Gasteiger partial charge is 0.335 e. The molecule has 0 spiro atoms. The Morgan fingerprint density at radius 1 is 0.811 bits per heavy atom. The molecule has 0 amide bonds. The Morgan fingerprint density at radius 3 is 1.97 bits per heavy atom. The molecule has 2 N–H and O–H groups in total. The van der Waals surface area contributed by atoms with E-state index in [0.717, 1.165) is 11.1 Å². The molecule has 0 saturated carbocycles. The minimum absolute atomic E-state index is 0.0814. The fourth-order valence-corrected chi connectivity index (χ4v) is 5.94. The third-order valence-corrected chi connectivity index (χ3v) is 8.38. The second-order valence-electron chi connectivity index (χ2n) is 11.5. The molecule has 1 unspecified atom stereocenters. The molecule has 6 nitrogen and oxygen atoms in total. The molecule has 0 radical (unpaired) electrons. The number of fused-ring (bicyclic) bond motifs is 1. The lowest BCUT2D eigenvalue weighted by molar-refractivity contribution is 0.0696. The lowest BCUT2D eigenvalue weighted by atomic mass is 9.86.